The summed E-state index contributed by atoms with van der Waals surface area (Å²) in [6.07, 6.45) is 13.7. The monoisotopic (exact) mass is 1080 g/mol. The molecule has 0 aromatic heterocycles. The molecule has 17 nitrogen and oxygen atoms in total. The molecular formula is C54H79ClN8O9S2. The average Bonchev–Trinajstić information content (AvgIpc) is 3.83. The molecule has 3 amide bonds. The number of likely N-dealkylation sites (N-methyl/N-ethyl adjacent to an activating group) is 1. The molecule has 4 aliphatic heterocycles. The smallest absolute Gasteiger partial charge is 0.307 e. The number of nitrogens with one attached hydrogen (secondary N) is 3. The molecule has 0 atom stereocenters. The first kappa shape index (κ1) is 60.1. The standard InChI is InChI=1S/C27H38N4O4S.C25H33N3O5S.C2H7N.ClH/c1-19-5-8-23(9-6-19)25-28-26(33)27(29-25)12-14-31(15-13-27)36(34,35)16-11-22-10-7-21(17-20(22)2)18-24(32)30(3)4;1-17-3-6-21(7-4-17)23-26-24(31)25(27-23)10-12-28(13-11-25)34(32,33)14-9-20-8-5-19(15-18(20)2)16-22(29)30;1-3-2;/h7,10-11,16-17,19,23H,5-6,8-9,12-15,18H2,1-4H3,(H,28,29,33);5,8-9,14-15,17,21H,3-4,6-7,10-13,16H2,1-2H3,(H,29,30)(H,26,27,31);3H,1-2H3;1H/b16-11+;14-9+;;. The van der Waals surface area contributed by atoms with Gasteiger partial charge in [-0.2, -0.15) is 8.61 Å². The summed E-state index contributed by atoms with van der Waals surface area (Å²) in [4.78, 5) is 59.8. The molecule has 4 heterocycles. The minimum atomic E-state index is -3.65. The van der Waals surface area contributed by atoms with Crippen molar-refractivity contribution in [3.05, 3.63) is 80.6 Å². The van der Waals surface area contributed by atoms with E-state index in [1.807, 2.05) is 46.1 Å². The van der Waals surface area contributed by atoms with Crippen LogP contribution in [-0.4, -0.2) is 136 Å². The van der Waals surface area contributed by atoms with Gasteiger partial charge in [0.15, 0.2) is 0 Å². The molecule has 20 heteroatoms. The zero-order valence-corrected chi connectivity index (χ0v) is 46.9. The van der Waals surface area contributed by atoms with E-state index in [9.17, 15) is 36.0 Å². The zero-order chi connectivity index (χ0) is 53.3. The van der Waals surface area contributed by atoms with E-state index in [-0.39, 0.29) is 62.7 Å². The fourth-order valence-corrected chi connectivity index (χ4v) is 12.9. The van der Waals surface area contributed by atoms with Gasteiger partial charge in [-0.1, -0.05) is 75.9 Å². The van der Waals surface area contributed by atoms with Crippen LogP contribution in [0, 0.1) is 37.5 Å². The molecule has 2 saturated carbocycles. The Kier molecular flexibility index (Phi) is 21.0. The molecule has 0 radical (unpaired) electrons. The Bertz CT molecular complexity index is 2690. The number of amidine groups is 2. The van der Waals surface area contributed by atoms with Crippen molar-refractivity contribution >= 4 is 80.0 Å². The van der Waals surface area contributed by atoms with Crippen molar-refractivity contribution in [1.29, 1.82) is 0 Å². The first-order chi connectivity index (χ1) is 34.5. The molecule has 4 fully saturated rings. The van der Waals surface area contributed by atoms with E-state index >= 15 is 0 Å². The van der Waals surface area contributed by atoms with Crippen LogP contribution in [0.3, 0.4) is 0 Å². The molecule has 0 unspecified atom stereocenters. The van der Waals surface area contributed by atoms with Crippen LogP contribution in [0.2, 0.25) is 0 Å². The molecule has 74 heavy (non-hydrogen) atoms. The van der Waals surface area contributed by atoms with Crippen LogP contribution in [0.1, 0.15) is 124 Å². The van der Waals surface area contributed by atoms with Crippen LogP contribution in [0.25, 0.3) is 12.2 Å². The average molecular weight is 1080 g/mol. The summed E-state index contributed by atoms with van der Waals surface area (Å²) in [6, 6.07) is 10.8. The van der Waals surface area contributed by atoms with E-state index in [0.717, 1.165) is 103 Å². The Morgan fingerprint density at radius 1 is 0.676 bits per heavy atom. The van der Waals surface area contributed by atoms with Crippen molar-refractivity contribution in [2.45, 2.75) is 129 Å². The number of carbonyl (C=O) groups is 4. The number of hydrogen-bond acceptors (Lipinski definition) is 11. The highest BCUT2D eigenvalue weighted by Gasteiger charge is 2.49. The molecule has 0 bridgehead atoms. The maximum Gasteiger partial charge on any atom is 0.307 e. The zero-order valence-electron chi connectivity index (χ0n) is 44.5. The second kappa shape index (κ2) is 25.8. The lowest BCUT2D eigenvalue weighted by molar-refractivity contribution is -0.136. The second-order valence-electron chi connectivity index (χ2n) is 21.3. The van der Waals surface area contributed by atoms with Crippen LogP contribution in [-0.2, 0) is 52.1 Å². The number of carboxylic acid groups (broad SMARTS) is 1. The number of carbonyl (C=O) groups excluding carboxylic acids is 3. The van der Waals surface area contributed by atoms with Crippen LogP contribution < -0.4 is 16.0 Å². The van der Waals surface area contributed by atoms with Gasteiger partial charge in [-0.3, -0.25) is 29.2 Å². The van der Waals surface area contributed by atoms with Gasteiger partial charge < -0.3 is 26.0 Å². The summed E-state index contributed by atoms with van der Waals surface area (Å²) in [6.45, 7) is 9.28. The Balaban J connectivity index is 0.000000257. The van der Waals surface area contributed by atoms with Crippen molar-refractivity contribution in [1.82, 2.24) is 29.5 Å². The van der Waals surface area contributed by atoms with E-state index in [0.29, 0.717) is 49.5 Å². The third kappa shape index (κ3) is 15.2. The molecule has 2 spiro atoms. The molecular weight excluding hydrogens is 1000 g/mol. The molecule has 2 saturated heterocycles. The summed E-state index contributed by atoms with van der Waals surface area (Å²) in [5.74, 6) is 2.61. The van der Waals surface area contributed by atoms with Gasteiger partial charge >= 0.3 is 5.97 Å². The van der Waals surface area contributed by atoms with Gasteiger partial charge in [0.05, 0.1) is 12.8 Å². The fourth-order valence-electron chi connectivity index (χ4n) is 10.5. The van der Waals surface area contributed by atoms with Gasteiger partial charge in [-0.25, -0.2) is 16.8 Å². The van der Waals surface area contributed by atoms with Crippen molar-refractivity contribution in [3.8, 4) is 0 Å². The topological polar surface area (TPSA) is 227 Å². The Labute approximate surface area is 445 Å². The van der Waals surface area contributed by atoms with Crippen LogP contribution >= 0.6 is 12.4 Å². The van der Waals surface area contributed by atoms with Crippen LogP contribution in [0.4, 0.5) is 0 Å². The number of aliphatic imine (C=N–C) groups is 2. The molecule has 4 N–H and O–H groups in total. The van der Waals surface area contributed by atoms with Crippen molar-refractivity contribution in [2.75, 3.05) is 54.4 Å². The van der Waals surface area contributed by atoms with Crippen molar-refractivity contribution < 1.29 is 41.1 Å². The van der Waals surface area contributed by atoms with E-state index in [1.54, 1.807) is 49.3 Å². The van der Waals surface area contributed by atoms with Crippen molar-refractivity contribution in [2.24, 2.45) is 33.7 Å². The molecule has 8 rings (SSSR count). The first-order valence-electron chi connectivity index (χ1n) is 25.9. The number of amides is 3. The molecule has 408 valence electrons. The summed E-state index contributed by atoms with van der Waals surface area (Å²) < 4.78 is 54.8. The van der Waals surface area contributed by atoms with Crippen LogP contribution in [0.5, 0.6) is 0 Å². The van der Waals surface area contributed by atoms with E-state index in [1.165, 1.54) is 19.4 Å². The SMILES string of the molecule is CNC.Cc1cc(CC(=O)N(C)C)ccc1/C=C/S(=O)(=O)N1CCC2(CC1)N=C(C1CCC(C)CC1)NC2=O.Cc1cc(CC(=O)O)ccc1/C=C/S(=O)(=O)N1CCC2(CC1)N=C(C1CCC(C)CC1)NC2=O.Cl. The lowest BCUT2D eigenvalue weighted by atomic mass is 9.82. The lowest BCUT2D eigenvalue weighted by Gasteiger charge is -2.34. The number of rotatable bonds is 12. The number of benzene rings is 2. The number of piperidine rings is 2. The van der Waals surface area contributed by atoms with E-state index < -0.39 is 37.1 Å². The summed E-state index contributed by atoms with van der Waals surface area (Å²) in [5, 5.41) is 20.2. The summed E-state index contributed by atoms with van der Waals surface area (Å²) >= 11 is 0. The maximum atomic E-state index is 13.0. The largest absolute Gasteiger partial charge is 0.481 e. The number of hydrogen-bond donors (Lipinski definition) is 4. The van der Waals surface area contributed by atoms with Gasteiger partial charge in [0.2, 0.25) is 26.0 Å². The van der Waals surface area contributed by atoms with Gasteiger partial charge in [0.1, 0.15) is 22.7 Å². The number of aliphatic carboxylic acids is 1. The Morgan fingerprint density at radius 2 is 1.03 bits per heavy atom. The number of aryl methyl sites for hydroxylation is 2. The van der Waals surface area contributed by atoms with Gasteiger partial charge in [0, 0.05) is 62.9 Å². The van der Waals surface area contributed by atoms with Gasteiger partial charge in [-0.05, 0) is 137 Å². The predicted molar refractivity (Wildman–Crippen MR) is 295 cm³/mol. The summed E-state index contributed by atoms with van der Waals surface area (Å²) in [7, 11) is -0.0867. The van der Waals surface area contributed by atoms with Gasteiger partial charge in [-0.15, -0.1) is 12.4 Å². The summed E-state index contributed by atoms with van der Waals surface area (Å²) in [5.41, 5.74) is 3.12. The maximum absolute atomic E-state index is 13.0. The third-order valence-electron chi connectivity index (χ3n) is 15.3. The fraction of sp³-hybridized carbons (Fsp3) is 0.593. The predicted octanol–water partition coefficient (Wildman–Crippen LogP) is 6.48. The number of halogens is 1. The highest BCUT2D eigenvalue weighted by Crippen LogP contribution is 2.38. The molecule has 6 aliphatic rings. The highest BCUT2D eigenvalue weighted by molar-refractivity contribution is 7.92. The minimum absolute atomic E-state index is 0. The Hall–Kier alpha value is -4.79. The molecule has 2 aliphatic carbocycles. The number of carboxylic acids is 1. The van der Waals surface area contributed by atoms with E-state index in [2.05, 4.69) is 29.8 Å². The molecule has 2 aromatic carbocycles. The number of nitrogens with zero attached hydrogens (tertiary/aromatic N) is 5. The second-order valence-corrected chi connectivity index (χ2v) is 24.9. The first-order valence-corrected chi connectivity index (χ1v) is 28.9. The lowest BCUT2D eigenvalue weighted by Crippen LogP contribution is -2.50. The van der Waals surface area contributed by atoms with E-state index in [4.69, 9.17) is 15.1 Å². The number of sulfonamides is 2. The Morgan fingerprint density at radius 3 is 1.35 bits per heavy atom. The molecule has 2 aromatic rings. The highest BCUT2D eigenvalue weighted by atomic mass is 35.5. The van der Waals surface area contributed by atoms with Crippen molar-refractivity contribution in [3.63, 3.8) is 0 Å². The third-order valence-corrected chi connectivity index (χ3v) is 18.5. The normalized spacial score (nSPS) is 23.9. The quantitative estimate of drug-likeness (QED) is 0.181. The minimum Gasteiger partial charge on any atom is -0.481 e. The van der Waals surface area contributed by atoms with Gasteiger partial charge in [0.25, 0.3) is 11.8 Å². The van der Waals surface area contributed by atoms with Crippen LogP contribution in [0.15, 0.2) is 57.2 Å².